The summed E-state index contributed by atoms with van der Waals surface area (Å²) in [5, 5.41) is 0. The van der Waals surface area contributed by atoms with Gasteiger partial charge in [-0.1, -0.05) is 48.0 Å². The summed E-state index contributed by atoms with van der Waals surface area (Å²) < 4.78 is 7.01. The molecule has 3 aromatic rings. The second-order valence-electron chi connectivity index (χ2n) is 5.44. The number of hydrogen-bond acceptors (Lipinski definition) is 2. The molecule has 2 aromatic carbocycles. The van der Waals surface area contributed by atoms with Gasteiger partial charge in [-0.25, -0.2) is 0 Å². The standard InChI is InChI=1S/C19H15ClOS/c20-19-12-11-18(22-19)16-8-4-7-15-14(16)9-10-17(15)21-13-5-2-1-3-6-13/h1-8,11-12,17H,9-10H2/t17-/m1/s1. The summed E-state index contributed by atoms with van der Waals surface area (Å²) in [4.78, 5) is 1.24. The zero-order chi connectivity index (χ0) is 14.9. The van der Waals surface area contributed by atoms with Crippen molar-refractivity contribution < 1.29 is 4.74 Å². The molecule has 1 aliphatic rings. The maximum atomic E-state index is 6.18. The van der Waals surface area contributed by atoms with Gasteiger partial charge in [-0.2, -0.15) is 0 Å². The van der Waals surface area contributed by atoms with E-state index in [-0.39, 0.29) is 6.10 Å². The van der Waals surface area contributed by atoms with Crippen LogP contribution in [0.25, 0.3) is 10.4 Å². The van der Waals surface area contributed by atoms with Crippen LogP contribution in [-0.2, 0) is 6.42 Å². The Kier molecular flexibility index (Phi) is 3.65. The average molecular weight is 327 g/mol. The van der Waals surface area contributed by atoms with Crippen LogP contribution in [-0.4, -0.2) is 0 Å². The fraction of sp³-hybridized carbons (Fsp3) is 0.158. The van der Waals surface area contributed by atoms with Crippen molar-refractivity contribution in [3.63, 3.8) is 0 Å². The zero-order valence-corrected chi connectivity index (χ0v) is 13.5. The number of para-hydroxylation sites is 1. The first kappa shape index (κ1) is 13.9. The van der Waals surface area contributed by atoms with Crippen LogP contribution in [0.4, 0.5) is 0 Å². The molecule has 0 radical (unpaired) electrons. The molecule has 0 saturated carbocycles. The Morgan fingerprint density at radius 3 is 2.59 bits per heavy atom. The average Bonchev–Trinajstić information content (AvgIpc) is 3.15. The third-order valence-electron chi connectivity index (χ3n) is 4.08. The second kappa shape index (κ2) is 5.79. The highest BCUT2D eigenvalue weighted by atomic mass is 35.5. The largest absolute Gasteiger partial charge is 0.486 e. The Labute approximate surface area is 139 Å². The predicted molar refractivity (Wildman–Crippen MR) is 92.9 cm³/mol. The van der Waals surface area contributed by atoms with Gasteiger partial charge in [-0.05, 0) is 53.8 Å². The number of halogens is 1. The minimum absolute atomic E-state index is 0.146. The van der Waals surface area contributed by atoms with Crippen molar-refractivity contribution in [2.45, 2.75) is 18.9 Å². The summed E-state index contributed by atoms with van der Waals surface area (Å²) in [7, 11) is 0. The number of rotatable bonds is 3. The van der Waals surface area contributed by atoms with E-state index in [0.717, 1.165) is 22.9 Å². The molecule has 0 aliphatic heterocycles. The van der Waals surface area contributed by atoms with Crippen molar-refractivity contribution in [3.05, 3.63) is 76.1 Å². The molecule has 4 rings (SSSR count). The molecule has 0 unspecified atom stereocenters. The van der Waals surface area contributed by atoms with Crippen LogP contribution in [0.3, 0.4) is 0 Å². The zero-order valence-electron chi connectivity index (χ0n) is 12.0. The van der Waals surface area contributed by atoms with Crippen molar-refractivity contribution >= 4 is 22.9 Å². The molecule has 1 aliphatic carbocycles. The first-order valence-corrected chi connectivity index (χ1v) is 8.60. The Balaban J connectivity index is 1.68. The van der Waals surface area contributed by atoms with Gasteiger partial charge in [0.15, 0.2) is 0 Å². The highest BCUT2D eigenvalue weighted by Gasteiger charge is 2.26. The van der Waals surface area contributed by atoms with Crippen molar-refractivity contribution in [2.24, 2.45) is 0 Å². The van der Waals surface area contributed by atoms with Crippen LogP contribution in [0.5, 0.6) is 5.75 Å². The topological polar surface area (TPSA) is 9.23 Å². The monoisotopic (exact) mass is 326 g/mol. The number of thiophene rings is 1. The van der Waals surface area contributed by atoms with Gasteiger partial charge in [0.2, 0.25) is 0 Å². The fourth-order valence-corrected chi connectivity index (χ4v) is 4.19. The minimum Gasteiger partial charge on any atom is -0.486 e. The van der Waals surface area contributed by atoms with E-state index in [9.17, 15) is 0 Å². The third-order valence-corrected chi connectivity index (χ3v) is 5.34. The molecule has 110 valence electrons. The first-order chi connectivity index (χ1) is 10.8. The van der Waals surface area contributed by atoms with Gasteiger partial charge in [0, 0.05) is 4.88 Å². The van der Waals surface area contributed by atoms with Gasteiger partial charge in [0.1, 0.15) is 11.9 Å². The quantitative estimate of drug-likeness (QED) is 0.562. The predicted octanol–water partition coefficient (Wildman–Crippen LogP) is 6.13. The Hall–Kier alpha value is -1.77. The lowest BCUT2D eigenvalue weighted by Gasteiger charge is -2.15. The highest BCUT2D eigenvalue weighted by Crippen LogP contribution is 2.42. The summed E-state index contributed by atoms with van der Waals surface area (Å²) >= 11 is 7.73. The lowest BCUT2D eigenvalue weighted by Crippen LogP contribution is -2.03. The molecular formula is C19H15ClOS. The Bertz CT molecular complexity index is 794. The highest BCUT2D eigenvalue weighted by molar-refractivity contribution is 7.19. The van der Waals surface area contributed by atoms with Crippen molar-refractivity contribution in [1.82, 2.24) is 0 Å². The maximum Gasteiger partial charge on any atom is 0.124 e. The normalized spacial score (nSPS) is 16.5. The smallest absolute Gasteiger partial charge is 0.124 e. The molecule has 1 heterocycles. The molecule has 0 N–H and O–H groups in total. The number of benzene rings is 2. The van der Waals surface area contributed by atoms with E-state index < -0.39 is 0 Å². The molecule has 0 amide bonds. The number of ether oxygens (including phenoxy) is 1. The molecule has 3 heteroatoms. The Morgan fingerprint density at radius 1 is 0.955 bits per heavy atom. The lowest BCUT2D eigenvalue weighted by molar-refractivity contribution is 0.207. The van der Waals surface area contributed by atoms with Gasteiger partial charge in [0.05, 0.1) is 4.34 Å². The maximum absolute atomic E-state index is 6.18. The van der Waals surface area contributed by atoms with Gasteiger partial charge in [-0.15, -0.1) is 11.3 Å². The molecular weight excluding hydrogens is 312 g/mol. The molecule has 0 fully saturated rings. The second-order valence-corrected chi connectivity index (χ2v) is 7.15. The van der Waals surface area contributed by atoms with Crippen LogP contribution in [0.1, 0.15) is 23.7 Å². The van der Waals surface area contributed by atoms with Crippen LogP contribution < -0.4 is 4.74 Å². The molecule has 1 nitrogen and oxygen atoms in total. The van der Waals surface area contributed by atoms with Crippen molar-refractivity contribution in [3.8, 4) is 16.2 Å². The summed E-state index contributed by atoms with van der Waals surface area (Å²) in [6.45, 7) is 0. The van der Waals surface area contributed by atoms with Gasteiger partial charge < -0.3 is 4.74 Å². The summed E-state index contributed by atoms with van der Waals surface area (Å²) in [6, 6.07) is 20.6. The molecule has 0 bridgehead atoms. The van der Waals surface area contributed by atoms with Gasteiger partial charge >= 0.3 is 0 Å². The number of hydrogen-bond donors (Lipinski definition) is 0. The fourth-order valence-electron chi connectivity index (χ4n) is 3.09. The summed E-state index contributed by atoms with van der Waals surface area (Å²) in [5.41, 5.74) is 4.02. The van der Waals surface area contributed by atoms with E-state index in [1.165, 1.54) is 21.6 Å². The van der Waals surface area contributed by atoms with E-state index >= 15 is 0 Å². The van der Waals surface area contributed by atoms with E-state index in [1.54, 1.807) is 11.3 Å². The van der Waals surface area contributed by atoms with Crippen LogP contribution in [0.15, 0.2) is 60.7 Å². The van der Waals surface area contributed by atoms with Gasteiger partial charge in [-0.3, -0.25) is 0 Å². The van der Waals surface area contributed by atoms with E-state index in [2.05, 4.69) is 24.3 Å². The summed E-state index contributed by atoms with van der Waals surface area (Å²) in [5.74, 6) is 0.935. The van der Waals surface area contributed by atoms with Crippen LogP contribution in [0, 0.1) is 0 Å². The molecule has 1 aromatic heterocycles. The molecule has 0 spiro atoms. The third kappa shape index (κ3) is 2.53. The molecule has 22 heavy (non-hydrogen) atoms. The van der Waals surface area contributed by atoms with E-state index in [4.69, 9.17) is 16.3 Å². The Morgan fingerprint density at radius 2 is 1.82 bits per heavy atom. The van der Waals surface area contributed by atoms with E-state index in [0.29, 0.717) is 0 Å². The summed E-state index contributed by atoms with van der Waals surface area (Å²) in [6.07, 6.45) is 2.23. The molecule has 1 atom stereocenters. The number of fused-ring (bicyclic) bond motifs is 1. The van der Waals surface area contributed by atoms with E-state index in [1.807, 2.05) is 36.4 Å². The SMILES string of the molecule is Clc1ccc(-c2cccc3c2CC[C@H]3Oc2ccccc2)s1. The molecule has 0 saturated heterocycles. The van der Waals surface area contributed by atoms with Crippen LogP contribution >= 0.6 is 22.9 Å². The lowest BCUT2D eigenvalue weighted by atomic mass is 10.0. The van der Waals surface area contributed by atoms with Crippen molar-refractivity contribution in [1.29, 1.82) is 0 Å². The van der Waals surface area contributed by atoms with Gasteiger partial charge in [0.25, 0.3) is 0 Å². The van der Waals surface area contributed by atoms with Crippen LogP contribution in [0.2, 0.25) is 4.34 Å². The first-order valence-electron chi connectivity index (χ1n) is 7.40. The van der Waals surface area contributed by atoms with Crippen molar-refractivity contribution in [2.75, 3.05) is 0 Å². The minimum atomic E-state index is 0.146.